The minimum absolute atomic E-state index is 0.0522. The van der Waals surface area contributed by atoms with Crippen molar-refractivity contribution in [3.05, 3.63) is 51.0 Å². The van der Waals surface area contributed by atoms with E-state index in [0.29, 0.717) is 11.5 Å². The molecule has 0 heterocycles. The summed E-state index contributed by atoms with van der Waals surface area (Å²) in [7, 11) is 1.46. The van der Waals surface area contributed by atoms with E-state index >= 15 is 0 Å². The molecule has 150 valence electrons. The van der Waals surface area contributed by atoms with Gasteiger partial charge in [0.1, 0.15) is 0 Å². The maximum absolute atomic E-state index is 12.2. The summed E-state index contributed by atoms with van der Waals surface area (Å²) in [6.07, 6.45) is -0.0522. The Balaban J connectivity index is 2.00. The molecule has 0 radical (unpaired) electrons. The van der Waals surface area contributed by atoms with Gasteiger partial charge in [0.05, 0.1) is 39.5 Å². The Hall–Kier alpha value is -2.15. The SMILES string of the molecule is COc1cc(C(=O)OCC(=O)Nc2cc(Cl)c(Cl)cc2Cl)ccc1OC(C)C. The highest BCUT2D eigenvalue weighted by molar-refractivity contribution is 6.44. The van der Waals surface area contributed by atoms with Gasteiger partial charge in [-0.2, -0.15) is 0 Å². The molecule has 0 atom stereocenters. The van der Waals surface area contributed by atoms with E-state index in [2.05, 4.69) is 5.32 Å². The smallest absolute Gasteiger partial charge is 0.338 e. The van der Waals surface area contributed by atoms with E-state index in [0.717, 1.165) is 0 Å². The first-order valence-electron chi connectivity index (χ1n) is 8.17. The Bertz CT molecular complexity index is 886. The molecular formula is C19H18Cl3NO5. The fourth-order valence-electron chi connectivity index (χ4n) is 2.16. The van der Waals surface area contributed by atoms with Gasteiger partial charge in [-0.1, -0.05) is 34.8 Å². The summed E-state index contributed by atoms with van der Waals surface area (Å²) < 4.78 is 15.8. The quantitative estimate of drug-likeness (QED) is 0.465. The van der Waals surface area contributed by atoms with Crippen LogP contribution >= 0.6 is 34.8 Å². The van der Waals surface area contributed by atoms with E-state index in [1.165, 1.54) is 31.4 Å². The molecular weight excluding hydrogens is 429 g/mol. The van der Waals surface area contributed by atoms with Crippen molar-refractivity contribution in [1.82, 2.24) is 0 Å². The third-order valence-electron chi connectivity index (χ3n) is 3.38. The average Bonchev–Trinajstić information content (AvgIpc) is 2.64. The number of rotatable bonds is 7. The van der Waals surface area contributed by atoms with Crippen molar-refractivity contribution in [3.63, 3.8) is 0 Å². The van der Waals surface area contributed by atoms with Crippen LogP contribution in [-0.4, -0.2) is 31.7 Å². The van der Waals surface area contributed by atoms with E-state index in [1.54, 1.807) is 6.07 Å². The normalized spacial score (nSPS) is 10.5. The molecule has 0 saturated heterocycles. The van der Waals surface area contributed by atoms with E-state index in [9.17, 15) is 9.59 Å². The number of methoxy groups -OCH3 is 1. The van der Waals surface area contributed by atoms with E-state index in [4.69, 9.17) is 49.0 Å². The van der Waals surface area contributed by atoms with Crippen molar-refractivity contribution in [3.8, 4) is 11.5 Å². The molecule has 1 N–H and O–H groups in total. The summed E-state index contributed by atoms with van der Waals surface area (Å²) in [5.74, 6) is -0.388. The molecule has 0 spiro atoms. The molecule has 2 aromatic carbocycles. The van der Waals surface area contributed by atoms with Gasteiger partial charge in [0.25, 0.3) is 5.91 Å². The number of ether oxygens (including phenoxy) is 3. The zero-order valence-electron chi connectivity index (χ0n) is 15.3. The van der Waals surface area contributed by atoms with Gasteiger partial charge in [-0.05, 0) is 44.2 Å². The Morgan fingerprint density at radius 2 is 1.68 bits per heavy atom. The zero-order valence-corrected chi connectivity index (χ0v) is 17.6. The minimum atomic E-state index is -0.690. The fraction of sp³-hybridized carbons (Fsp3) is 0.263. The van der Waals surface area contributed by atoms with E-state index < -0.39 is 18.5 Å². The predicted octanol–water partition coefficient (Wildman–Crippen LogP) is 5.24. The van der Waals surface area contributed by atoms with Crippen LogP contribution in [0.2, 0.25) is 15.1 Å². The molecule has 6 nitrogen and oxygen atoms in total. The summed E-state index contributed by atoms with van der Waals surface area (Å²) in [5, 5.41) is 3.20. The van der Waals surface area contributed by atoms with Crippen LogP contribution in [-0.2, 0) is 9.53 Å². The summed E-state index contributed by atoms with van der Waals surface area (Å²) >= 11 is 17.7. The van der Waals surface area contributed by atoms with Crippen LogP contribution in [0.1, 0.15) is 24.2 Å². The number of carbonyl (C=O) groups is 2. The van der Waals surface area contributed by atoms with Gasteiger partial charge in [0.2, 0.25) is 0 Å². The van der Waals surface area contributed by atoms with Gasteiger partial charge in [0.15, 0.2) is 18.1 Å². The highest BCUT2D eigenvalue weighted by Gasteiger charge is 2.16. The van der Waals surface area contributed by atoms with Gasteiger partial charge in [0, 0.05) is 0 Å². The van der Waals surface area contributed by atoms with Crippen molar-refractivity contribution in [2.75, 3.05) is 19.0 Å². The lowest BCUT2D eigenvalue weighted by Crippen LogP contribution is -2.21. The molecule has 1 amide bonds. The number of amides is 1. The Morgan fingerprint density at radius 1 is 1.00 bits per heavy atom. The van der Waals surface area contributed by atoms with Gasteiger partial charge >= 0.3 is 5.97 Å². The van der Waals surface area contributed by atoms with Gasteiger partial charge < -0.3 is 19.5 Å². The molecule has 2 aromatic rings. The molecule has 0 unspecified atom stereocenters. The molecule has 0 aromatic heterocycles. The fourth-order valence-corrected chi connectivity index (χ4v) is 2.76. The third kappa shape index (κ3) is 5.92. The number of esters is 1. The number of nitrogens with one attached hydrogen (secondary N) is 1. The van der Waals surface area contributed by atoms with Crippen molar-refractivity contribution in [2.45, 2.75) is 20.0 Å². The molecule has 0 aliphatic rings. The number of benzene rings is 2. The lowest BCUT2D eigenvalue weighted by atomic mass is 10.2. The second-order valence-corrected chi connectivity index (χ2v) is 7.12. The zero-order chi connectivity index (χ0) is 20.8. The van der Waals surface area contributed by atoms with Crippen molar-refractivity contribution in [1.29, 1.82) is 0 Å². The van der Waals surface area contributed by atoms with Crippen LogP contribution in [0.25, 0.3) is 0 Å². The Labute approximate surface area is 177 Å². The molecule has 0 fully saturated rings. The standard InChI is InChI=1S/C19H18Cl3NO5/c1-10(2)28-16-5-4-11(6-17(16)26-3)19(25)27-9-18(24)23-15-8-13(21)12(20)7-14(15)22/h4-8,10H,9H2,1-3H3,(H,23,24). The maximum atomic E-state index is 12.2. The largest absolute Gasteiger partial charge is 0.493 e. The second-order valence-electron chi connectivity index (χ2n) is 5.90. The van der Waals surface area contributed by atoms with E-state index in [1.807, 2.05) is 13.8 Å². The van der Waals surface area contributed by atoms with Crippen LogP contribution < -0.4 is 14.8 Å². The molecule has 0 saturated carbocycles. The number of carbonyl (C=O) groups excluding carboxylic acids is 2. The second kappa shape index (κ2) is 9.87. The summed E-state index contributed by atoms with van der Waals surface area (Å²) in [4.78, 5) is 24.2. The monoisotopic (exact) mass is 445 g/mol. The van der Waals surface area contributed by atoms with Crippen molar-refractivity contribution < 1.29 is 23.8 Å². The first kappa shape index (κ1) is 22.1. The van der Waals surface area contributed by atoms with Crippen LogP contribution in [0.5, 0.6) is 11.5 Å². The molecule has 0 aliphatic heterocycles. The molecule has 0 aliphatic carbocycles. The lowest BCUT2D eigenvalue weighted by Gasteiger charge is -2.14. The average molecular weight is 447 g/mol. The minimum Gasteiger partial charge on any atom is -0.493 e. The highest BCUT2D eigenvalue weighted by Crippen LogP contribution is 2.32. The summed E-state index contributed by atoms with van der Waals surface area (Å²) in [5.41, 5.74) is 0.474. The van der Waals surface area contributed by atoms with Gasteiger partial charge in [-0.25, -0.2) is 4.79 Å². The van der Waals surface area contributed by atoms with Gasteiger partial charge in [-0.15, -0.1) is 0 Å². The van der Waals surface area contributed by atoms with Crippen molar-refractivity contribution in [2.24, 2.45) is 0 Å². The van der Waals surface area contributed by atoms with Crippen LogP contribution in [0.15, 0.2) is 30.3 Å². The predicted molar refractivity (Wildman–Crippen MR) is 109 cm³/mol. The number of hydrogen-bond acceptors (Lipinski definition) is 5. The lowest BCUT2D eigenvalue weighted by molar-refractivity contribution is -0.119. The van der Waals surface area contributed by atoms with Crippen LogP contribution in [0.4, 0.5) is 5.69 Å². The molecule has 28 heavy (non-hydrogen) atoms. The number of hydrogen-bond donors (Lipinski definition) is 1. The van der Waals surface area contributed by atoms with Crippen LogP contribution in [0, 0.1) is 0 Å². The highest BCUT2D eigenvalue weighted by atomic mass is 35.5. The summed E-state index contributed by atoms with van der Waals surface area (Å²) in [6.45, 7) is 3.24. The molecule has 9 heteroatoms. The third-order valence-corrected chi connectivity index (χ3v) is 4.42. The Morgan fingerprint density at radius 3 is 2.32 bits per heavy atom. The first-order valence-corrected chi connectivity index (χ1v) is 9.31. The number of halogens is 3. The summed E-state index contributed by atoms with van der Waals surface area (Å²) in [6, 6.07) is 7.42. The van der Waals surface area contributed by atoms with E-state index in [-0.39, 0.29) is 32.4 Å². The number of anilines is 1. The molecule has 0 bridgehead atoms. The molecule has 2 rings (SSSR count). The Kier molecular flexibility index (Phi) is 7.80. The maximum Gasteiger partial charge on any atom is 0.338 e. The van der Waals surface area contributed by atoms with Crippen molar-refractivity contribution >= 4 is 52.4 Å². The topological polar surface area (TPSA) is 73.9 Å². The first-order chi connectivity index (χ1) is 13.2. The van der Waals surface area contributed by atoms with Crippen LogP contribution in [0.3, 0.4) is 0 Å². The van der Waals surface area contributed by atoms with Gasteiger partial charge in [-0.3, -0.25) is 4.79 Å².